The number of rotatable bonds is 6. The average Bonchev–Trinajstić information content (AvgIpc) is 3.23. The Hall–Kier alpha value is -4.40. The molecule has 3 aromatic rings. The van der Waals surface area contributed by atoms with Gasteiger partial charge in [-0.2, -0.15) is 0 Å². The predicted molar refractivity (Wildman–Crippen MR) is 107 cm³/mol. The van der Waals surface area contributed by atoms with Crippen molar-refractivity contribution in [1.29, 1.82) is 0 Å². The van der Waals surface area contributed by atoms with Crippen LogP contribution in [0.5, 0.6) is 0 Å². The molecule has 0 spiro atoms. The van der Waals surface area contributed by atoms with Crippen molar-refractivity contribution in [2.24, 2.45) is 0 Å². The zero-order valence-electron chi connectivity index (χ0n) is 16.2. The number of benzene rings is 2. The van der Waals surface area contributed by atoms with Gasteiger partial charge in [0.2, 0.25) is 0 Å². The topological polar surface area (TPSA) is 128 Å². The first-order valence-electron chi connectivity index (χ1n) is 9.14. The summed E-state index contributed by atoms with van der Waals surface area (Å²) in [5, 5.41) is 18.8. The van der Waals surface area contributed by atoms with Crippen molar-refractivity contribution in [3.05, 3.63) is 95.4 Å². The van der Waals surface area contributed by atoms with Crippen LogP contribution < -0.4 is 0 Å². The fourth-order valence-corrected chi connectivity index (χ4v) is 2.83. The van der Waals surface area contributed by atoms with Gasteiger partial charge < -0.3 is 14.6 Å². The molecule has 0 atom stereocenters. The van der Waals surface area contributed by atoms with Crippen molar-refractivity contribution in [3.63, 3.8) is 0 Å². The minimum atomic E-state index is -1.46. The number of hydrogen-bond acceptors (Lipinski definition) is 5. The highest BCUT2D eigenvalue weighted by atomic mass is 16.4. The van der Waals surface area contributed by atoms with Gasteiger partial charge in [-0.05, 0) is 36.4 Å². The summed E-state index contributed by atoms with van der Waals surface area (Å²) in [6.45, 7) is -0.745. The van der Waals surface area contributed by atoms with Crippen LogP contribution in [-0.2, 0) is 13.1 Å². The first kappa shape index (κ1) is 21.3. The molecule has 158 valence electrons. The van der Waals surface area contributed by atoms with Gasteiger partial charge in [-0.15, -0.1) is 0 Å². The van der Waals surface area contributed by atoms with Crippen LogP contribution in [-0.4, -0.2) is 44.0 Å². The van der Waals surface area contributed by atoms with E-state index in [1.165, 1.54) is 36.4 Å². The molecule has 1 heterocycles. The van der Waals surface area contributed by atoms with E-state index in [-0.39, 0.29) is 35.7 Å². The van der Waals surface area contributed by atoms with E-state index in [9.17, 15) is 29.4 Å². The zero-order chi connectivity index (χ0) is 22.4. The molecule has 31 heavy (non-hydrogen) atoms. The Balaban J connectivity index is 1.75. The Morgan fingerprint density at radius 1 is 0.613 bits per heavy atom. The van der Waals surface area contributed by atoms with Crippen LogP contribution in [0.1, 0.15) is 32.2 Å². The molecule has 1 aromatic heterocycles. The molecule has 0 fully saturated rings. The second-order valence-electron chi connectivity index (χ2n) is 6.45. The highest BCUT2D eigenvalue weighted by Gasteiger charge is 2.26. The van der Waals surface area contributed by atoms with E-state index in [0.29, 0.717) is 9.80 Å². The number of furan rings is 1. The summed E-state index contributed by atoms with van der Waals surface area (Å²) in [6.07, 6.45) is -2.92. The quantitative estimate of drug-likeness (QED) is 0.616. The molecule has 0 radical (unpaired) electrons. The highest BCUT2D eigenvalue weighted by molar-refractivity contribution is 6.03. The first-order valence-corrected chi connectivity index (χ1v) is 9.14. The van der Waals surface area contributed by atoms with Crippen molar-refractivity contribution in [1.82, 2.24) is 9.80 Å². The van der Waals surface area contributed by atoms with Gasteiger partial charge in [-0.25, -0.2) is 19.4 Å². The minimum Gasteiger partial charge on any atom is -0.465 e. The molecule has 9 nitrogen and oxygen atoms in total. The lowest BCUT2D eigenvalue weighted by atomic mass is 10.2. The molecule has 0 aliphatic heterocycles. The van der Waals surface area contributed by atoms with Gasteiger partial charge in [0.15, 0.2) is 0 Å². The smallest absolute Gasteiger partial charge is 0.414 e. The number of amides is 4. The van der Waals surface area contributed by atoms with Gasteiger partial charge in [-0.3, -0.25) is 9.59 Å². The lowest BCUT2D eigenvalue weighted by molar-refractivity contribution is 0.0716. The average molecular weight is 422 g/mol. The second-order valence-corrected chi connectivity index (χ2v) is 6.45. The van der Waals surface area contributed by atoms with Crippen LogP contribution in [0.3, 0.4) is 0 Å². The third-order valence-electron chi connectivity index (χ3n) is 4.34. The molecule has 9 heteroatoms. The SMILES string of the molecule is O=C(O)N(Cc1ccc(CN(C(=O)O)C(=O)c2ccccc2)o1)C(=O)c1ccccc1. The fourth-order valence-electron chi connectivity index (χ4n) is 2.83. The van der Waals surface area contributed by atoms with Crippen LogP contribution in [0.25, 0.3) is 0 Å². The summed E-state index contributed by atoms with van der Waals surface area (Å²) < 4.78 is 5.50. The fraction of sp³-hybridized carbons (Fsp3) is 0.0909. The molecule has 0 bridgehead atoms. The van der Waals surface area contributed by atoms with Crippen molar-refractivity contribution in [2.75, 3.05) is 0 Å². The Labute approximate surface area is 176 Å². The van der Waals surface area contributed by atoms with Crippen LogP contribution in [0.15, 0.2) is 77.2 Å². The van der Waals surface area contributed by atoms with Crippen molar-refractivity contribution in [2.45, 2.75) is 13.1 Å². The van der Waals surface area contributed by atoms with E-state index in [1.54, 1.807) is 36.4 Å². The Morgan fingerprint density at radius 2 is 0.968 bits per heavy atom. The summed E-state index contributed by atoms with van der Waals surface area (Å²) in [6, 6.07) is 18.7. The van der Waals surface area contributed by atoms with Crippen LogP contribution in [0, 0.1) is 0 Å². The van der Waals surface area contributed by atoms with Gasteiger partial charge in [-0.1, -0.05) is 36.4 Å². The summed E-state index contributed by atoms with van der Waals surface area (Å²) in [4.78, 5) is 49.3. The summed E-state index contributed by atoms with van der Waals surface area (Å²) in [5.41, 5.74) is 0.393. The maximum atomic E-state index is 12.5. The van der Waals surface area contributed by atoms with Gasteiger partial charge in [0.25, 0.3) is 11.8 Å². The van der Waals surface area contributed by atoms with Crippen LogP contribution in [0.4, 0.5) is 9.59 Å². The van der Waals surface area contributed by atoms with E-state index >= 15 is 0 Å². The van der Waals surface area contributed by atoms with E-state index in [0.717, 1.165) is 0 Å². The van der Waals surface area contributed by atoms with Crippen molar-refractivity contribution >= 4 is 24.0 Å². The molecule has 0 saturated carbocycles. The molecule has 2 aromatic carbocycles. The molecule has 2 N–H and O–H groups in total. The lowest BCUT2D eigenvalue weighted by Gasteiger charge is -2.17. The molecular weight excluding hydrogens is 404 g/mol. The number of hydrogen-bond donors (Lipinski definition) is 2. The maximum Gasteiger partial charge on any atom is 0.414 e. The number of nitrogens with zero attached hydrogens (tertiary/aromatic N) is 2. The Kier molecular flexibility index (Phi) is 6.46. The van der Waals surface area contributed by atoms with Gasteiger partial charge in [0.1, 0.15) is 11.5 Å². The van der Waals surface area contributed by atoms with Gasteiger partial charge >= 0.3 is 12.2 Å². The number of imide groups is 2. The number of carbonyl (C=O) groups is 4. The summed E-state index contributed by atoms with van der Waals surface area (Å²) >= 11 is 0. The molecule has 0 unspecified atom stereocenters. The molecule has 0 aliphatic rings. The van der Waals surface area contributed by atoms with Gasteiger partial charge in [0.05, 0.1) is 13.1 Å². The number of carbonyl (C=O) groups excluding carboxylic acids is 2. The first-order chi connectivity index (χ1) is 14.9. The maximum absolute atomic E-state index is 12.5. The monoisotopic (exact) mass is 422 g/mol. The summed E-state index contributed by atoms with van der Waals surface area (Å²) in [5.74, 6) is -1.20. The highest BCUT2D eigenvalue weighted by Crippen LogP contribution is 2.17. The van der Waals surface area contributed by atoms with Crippen molar-refractivity contribution < 1.29 is 33.8 Å². The predicted octanol–water partition coefficient (Wildman–Crippen LogP) is 3.92. The number of carboxylic acid groups (broad SMARTS) is 2. The molecule has 0 saturated heterocycles. The van der Waals surface area contributed by atoms with Gasteiger partial charge in [0, 0.05) is 11.1 Å². The van der Waals surface area contributed by atoms with Crippen LogP contribution >= 0.6 is 0 Å². The Bertz CT molecular complexity index is 1010. The third kappa shape index (κ3) is 5.15. The lowest BCUT2D eigenvalue weighted by Crippen LogP contribution is -2.35. The Morgan fingerprint density at radius 3 is 1.29 bits per heavy atom. The normalized spacial score (nSPS) is 10.3. The largest absolute Gasteiger partial charge is 0.465 e. The second kappa shape index (κ2) is 9.40. The molecule has 3 rings (SSSR count). The van der Waals surface area contributed by atoms with Crippen LogP contribution in [0.2, 0.25) is 0 Å². The molecule has 4 amide bonds. The standard InChI is InChI=1S/C22H18N2O7/c25-19(15-7-3-1-4-8-15)23(21(27)28)13-17-11-12-18(31-17)14-24(22(29)30)20(26)16-9-5-2-6-10-16/h1-12H,13-14H2,(H,27,28)(H,29,30). The van der Waals surface area contributed by atoms with E-state index < -0.39 is 24.0 Å². The third-order valence-corrected chi connectivity index (χ3v) is 4.34. The van der Waals surface area contributed by atoms with E-state index in [1.807, 2.05) is 0 Å². The molecule has 0 aliphatic carbocycles. The zero-order valence-corrected chi connectivity index (χ0v) is 16.2. The minimum absolute atomic E-state index is 0.124. The van der Waals surface area contributed by atoms with E-state index in [4.69, 9.17) is 4.42 Å². The van der Waals surface area contributed by atoms with Crippen molar-refractivity contribution in [3.8, 4) is 0 Å². The molecular formula is C22H18N2O7. The summed E-state index contributed by atoms with van der Waals surface area (Å²) in [7, 11) is 0. The van der Waals surface area contributed by atoms with E-state index in [2.05, 4.69) is 0 Å².